The maximum absolute atomic E-state index is 4.76. The van der Waals surface area contributed by atoms with E-state index in [0.29, 0.717) is 0 Å². The first-order chi connectivity index (χ1) is 12.2. The molecule has 5 nitrogen and oxygen atoms in total. The third-order valence-corrected chi connectivity index (χ3v) is 6.55. The Morgan fingerprint density at radius 1 is 1.00 bits per heavy atom. The van der Waals surface area contributed by atoms with E-state index in [1.807, 2.05) is 0 Å². The minimum Gasteiger partial charge on any atom is -0.301 e. The van der Waals surface area contributed by atoms with E-state index in [-0.39, 0.29) is 0 Å². The molecule has 25 heavy (non-hydrogen) atoms. The summed E-state index contributed by atoms with van der Waals surface area (Å²) in [7, 11) is 0. The molecule has 140 valence electrons. The summed E-state index contributed by atoms with van der Waals surface area (Å²) in [6, 6.07) is 1.58. The highest BCUT2D eigenvalue weighted by atomic mass is 15.3. The van der Waals surface area contributed by atoms with E-state index >= 15 is 0 Å². The summed E-state index contributed by atoms with van der Waals surface area (Å²) in [5.74, 6) is 0. The van der Waals surface area contributed by atoms with Gasteiger partial charge in [0.15, 0.2) is 0 Å². The molecule has 5 heteroatoms. The molecule has 1 aromatic heterocycles. The number of nitrogens with zero attached hydrogens (tertiary/aromatic N) is 5. The quantitative estimate of drug-likeness (QED) is 0.791. The van der Waals surface area contributed by atoms with Crippen molar-refractivity contribution in [2.75, 3.05) is 39.3 Å². The Morgan fingerprint density at radius 2 is 1.76 bits per heavy atom. The van der Waals surface area contributed by atoms with Gasteiger partial charge in [0.25, 0.3) is 0 Å². The van der Waals surface area contributed by atoms with Crippen LogP contribution in [0.25, 0.3) is 0 Å². The number of aromatic nitrogens is 2. The number of hydrogen-bond acceptors (Lipinski definition) is 4. The highest BCUT2D eigenvalue weighted by Crippen LogP contribution is 2.25. The van der Waals surface area contributed by atoms with Gasteiger partial charge in [-0.15, -0.1) is 0 Å². The summed E-state index contributed by atoms with van der Waals surface area (Å²) >= 11 is 0. The van der Waals surface area contributed by atoms with E-state index in [1.165, 1.54) is 76.1 Å². The van der Waals surface area contributed by atoms with Gasteiger partial charge in [0, 0.05) is 50.0 Å². The first-order valence-corrected chi connectivity index (χ1v) is 10.4. The molecule has 3 aliphatic rings. The fourth-order valence-electron chi connectivity index (χ4n) is 4.86. The Labute approximate surface area is 153 Å². The minimum absolute atomic E-state index is 0.788. The van der Waals surface area contributed by atoms with E-state index in [0.717, 1.165) is 31.7 Å². The Hall–Kier alpha value is -0.910. The van der Waals surface area contributed by atoms with Gasteiger partial charge in [-0.1, -0.05) is 6.42 Å². The molecule has 0 aliphatic carbocycles. The molecule has 1 aromatic rings. The Morgan fingerprint density at radius 3 is 2.52 bits per heavy atom. The lowest BCUT2D eigenvalue weighted by molar-refractivity contribution is -0.00629. The van der Waals surface area contributed by atoms with Crippen LogP contribution in [-0.2, 0) is 13.1 Å². The monoisotopic (exact) mass is 345 g/mol. The summed E-state index contributed by atoms with van der Waals surface area (Å²) in [6.45, 7) is 14.2. The van der Waals surface area contributed by atoms with E-state index in [4.69, 9.17) is 5.10 Å². The molecule has 1 atom stereocenters. The zero-order valence-electron chi connectivity index (χ0n) is 16.2. The second kappa shape index (κ2) is 7.77. The molecule has 0 aromatic carbocycles. The molecule has 0 saturated carbocycles. The lowest BCUT2D eigenvalue weighted by Gasteiger charge is -2.49. The van der Waals surface area contributed by atoms with Crippen molar-refractivity contribution < 1.29 is 0 Å². The minimum atomic E-state index is 0.788. The molecular formula is C20H35N5. The highest BCUT2D eigenvalue weighted by Gasteiger charge is 2.35. The van der Waals surface area contributed by atoms with Gasteiger partial charge in [0.2, 0.25) is 0 Å². The smallest absolute Gasteiger partial charge is 0.0638 e. The summed E-state index contributed by atoms with van der Waals surface area (Å²) in [5, 5.41) is 4.76. The van der Waals surface area contributed by atoms with Crippen molar-refractivity contribution in [2.45, 2.75) is 71.1 Å². The number of rotatable bonds is 6. The lowest BCUT2D eigenvalue weighted by Crippen LogP contribution is -2.61. The third kappa shape index (κ3) is 4.09. The van der Waals surface area contributed by atoms with E-state index < -0.39 is 0 Å². The summed E-state index contributed by atoms with van der Waals surface area (Å²) in [4.78, 5) is 7.92. The second-order valence-corrected chi connectivity index (χ2v) is 8.48. The number of piperidine rings is 1. The van der Waals surface area contributed by atoms with Crippen molar-refractivity contribution in [1.82, 2.24) is 24.5 Å². The van der Waals surface area contributed by atoms with E-state index in [2.05, 4.69) is 39.4 Å². The number of hydrogen-bond donors (Lipinski definition) is 0. The zero-order chi connectivity index (χ0) is 17.2. The fourth-order valence-corrected chi connectivity index (χ4v) is 4.86. The van der Waals surface area contributed by atoms with Crippen molar-refractivity contribution in [3.05, 3.63) is 17.5 Å². The average Bonchev–Trinajstić information content (AvgIpc) is 3.19. The SMILES string of the molecule is Cc1nn(CCN2CCCC2)cc1CN1CC(N2CCCCC2C)C1. The van der Waals surface area contributed by atoms with Crippen LogP contribution in [0.5, 0.6) is 0 Å². The molecule has 3 saturated heterocycles. The van der Waals surface area contributed by atoms with Crippen molar-refractivity contribution in [1.29, 1.82) is 0 Å². The fraction of sp³-hybridized carbons (Fsp3) is 0.850. The van der Waals surface area contributed by atoms with Gasteiger partial charge in [-0.2, -0.15) is 5.10 Å². The Bertz CT molecular complexity index is 556. The van der Waals surface area contributed by atoms with E-state index in [9.17, 15) is 0 Å². The van der Waals surface area contributed by atoms with Crippen LogP contribution < -0.4 is 0 Å². The predicted octanol–water partition coefficient (Wildman–Crippen LogP) is 2.35. The van der Waals surface area contributed by atoms with Crippen molar-refractivity contribution in [3.8, 4) is 0 Å². The standard InChI is InChI=1S/C20H35N5/c1-17-7-3-4-10-25(17)20-15-23(16-20)13-19-14-24(21-18(19)2)12-11-22-8-5-6-9-22/h14,17,20H,3-13,15-16H2,1-2H3. The van der Waals surface area contributed by atoms with Gasteiger partial charge in [-0.25, -0.2) is 0 Å². The largest absolute Gasteiger partial charge is 0.301 e. The molecule has 3 fully saturated rings. The van der Waals surface area contributed by atoms with Crippen molar-refractivity contribution in [3.63, 3.8) is 0 Å². The first kappa shape index (κ1) is 17.5. The normalized spacial score (nSPS) is 27.0. The topological polar surface area (TPSA) is 27.5 Å². The van der Waals surface area contributed by atoms with Crippen LogP contribution in [0.1, 0.15) is 50.3 Å². The second-order valence-electron chi connectivity index (χ2n) is 8.48. The number of aryl methyl sites for hydroxylation is 1. The molecule has 1 unspecified atom stereocenters. The zero-order valence-corrected chi connectivity index (χ0v) is 16.2. The first-order valence-electron chi connectivity index (χ1n) is 10.4. The molecule has 4 rings (SSSR count). The van der Waals surface area contributed by atoms with Crippen LogP contribution in [0.2, 0.25) is 0 Å². The maximum atomic E-state index is 4.76. The van der Waals surface area contributed by atoms with Gasteiger partial charge < -0.3 is 4.90 Å². The molecular weight excluding hydrogens is 310 g/mol. The average molecular weight is 346 g/mol. The lowest BCUT2D eigenvalue weighted by atomic mass is 9.97. The van der Waals surface area contributed by atoms with Crippen LogP contribution in [0, 0.1) is 6.92 Å². The van der Waals surface area contributed by atoms with Gasteiger partial charge in [0.1, 0.15) is 0 Å². The molecule has 4 heterocycles. The van der Waals surface area contributed by atoms with Gasteiger partial charge in [-0.3, -0.25) is 14.5 Å². The third-order valence-electron chi connectivity index (χ3n) is 6.55. The van der Waals surface area contributed by atoms with Crippen LogP contribution in [0.4, 0.5) is 0 Å². The van der Waals surface area contributed by atoms with Gasteiger partial charge >= 0.3 is 0 Å². The Kier molecular flexibility index (Phi) is 5.44. The van der Waals surface area contributed by atoms with Crippen LogP contribution in [0.15, 0.2) is 6.20 Å². The molecule has 0 N–H and O–H groups in total. The van der Waals surface area contributed by atoms with Gasteiger partial charge in [0.05, 0.1) is 12.2 Å². The number of likely N-dealkylation sites (tertiary alicyclic amines) is 3. The van der Waals surface area contributed by atoms with Crippen LogP contribution >= 0.6 is 0 Å². The van der Waals surface area contributed by atoms with E-state index in [1.54, 1.807) is 0 Å². The van der Waals surface area contributed by atoms with Gasteiger partial charge in [-0.05, 0) is 59.2 Å². The predicted molar refractivity (Wildman–Crippen MR) is 102 cm³/mol. The maximum Gasteiger partial charge on any atom is 0.0638 e. The van der Waals surface area contributed by atoms with Crippen LogP contribution in [0.3, 0.4) is 0 Å². The molecule has 0 radical (unpaired) electrons. The summed E-state index contributed by atoms with van der Waals surface area (Å²) < 4.78 is 2.17. The molecule has 0 bridgehead atoms. The summed E-state index contributed by atoms with van der Waals surface area (Å²) in [5.41, 5.74) is 2.64. The summed E-state index contributed by atoms with van der Waals surface area (Å²) in [6.07, 6.45) is 9.24. The van der Waals surface area contributed by atoms with Crippen molar-refractivity contribution in [2.24, 2.45) is 0 Å². The molecule has 0 spiro atoms. The Balaban J connectivity index is 1.24. The highest BCUT2D eigenvalue weighted by molar-refractivity contribution is 5.16. The van der Waals surface area contributed by atoms with Crippen molar-refractivity contribution >= 4 is 0 Å². The molecule has 0 amide bonds. The van der Waals surface area contributed by atoms with Crippen LogP contribution in [-0.4, -0.2) is 75.8 Å². The molecule has 3 aliphatic heterocycles.